The van der Waals surface area contributed by atoms with Gasteiger partial charge in [-0.05, 0) is 134 Å². The van der Waals surface area contributed by atoms with E-state index in [1.807, 2.05) is 0 Å². The standard InChI is InChI=1S/C26H29ClF3N3O3S2.C26H29F4N3O3S2/c1-33-15(9-23(32-33)36-26(27,29)30)8-16(37)6-14-4-5-21-18(7-14)24(25(35)31-12-13-2-3-13)22(38-21)11-20(34)17-10-19(17)28;1-33-15(9-23(32-33)36-26(28,29)30)8-16(37)6-14-4-5-21-18(7-14)24(25(35)31-12-13-2-3-13)22(38-21)11-20(34)17-10-19(17)27/h2*9,13-14,17,19H,2-8,10-12H2,1H3,(H,31,35)/t2*14-,17+,19-/m11/s1. The van der Waals surface area contributed by atoms with Crippen LogP contribution in [0.15, 0.2) is 12.1 Å². The summed E-state index contributed by atoms with van der Waals surface area (Å²) in [5.41, 5.74) is 0.425. The maximum Gasteiger partial charge on any atom is 0.574 e. The van der Waals surface area contributed by atoms with E-state index in [2.05, 4.69) is 30.3 Å². The van der Waals surface area contributed by atoms with E-state index >= 15 is 0 Å². The first-order valence-electron chi connectivity index (χ1n) is 25.7. The van der Waals surface area contributed by atoms with Gasteiger partial charge in [0.15, 0.2) is 0 Å². The molecular formula is C52H58ClF7N6O6S4. The predicted molar refractivity (Wildman–Crippen MR) is 280 cm³/mol. The molecule has 0 spiro atoms. The number of hydrogen-bond donors (Lipinski definition) is 2. The van der Waals surface area contributed by atoms with Gasteiger partial charge >= 0.3 is 11.9 Å². The molecule has 12 nitrogen and oxygen atoms in total. The van der Waals surface area contributed by atoms with E-state index in [-0.39, 0.29) is 73.2 Å². The average Bonchev–Trinajstić information content (AvgIpc) is 4.24. The number of aromatic nitrogens is 4. The number of nitrogens with zero attached hydrogens (tertiary/aromatic N) is 4. The summed E-state index contributed by atoms with van der Waals surface area (Å²) in [6, 6.07) is 2.64. The summed E-state index contributed by atoms with van der Waals surface area (Å²) in [7, 11) is 3.17. The number of nitrogens with one attached hydrogen (secondary N) is 2. The van der Waals surface area contributed by atoms with E-state index in [0.717, 1.165) is 86.9 Å². The summed E-state index contributed by atoms with van der Waals surface area (Å²) >= 11 is 19.1. The quantitative estimate of drug-likeness (QED) is 0.0418. The first-order chi connectivity index (χ1) is 35.9. The van der Waals surface area contributed by atoms with E-state index in [4.69, 9.17) is 36.0 Å². The Morgan fingerprint density at radius 3 is 1.41 bits per heavy atom. The van der Waals surface area contributed by atoms with Crippen molar-refractivity contribution in [3.8, 4) is 11.8 Å². The van der Waals surface area contributed by atoms with Gasteiger partial charge in [0.05, 0.1) is 23.0 Å². The number of ether oxygens (including phenoxy) is 2. The Labute approximate surface area is 458 Å². The highest BCUT2D eigenvalue weighted by Gasteiger charge is 2.45. The van der Waals surface area contributed by atoms with Crippen LogP contribution < -0.4 is 20.1 Å². The molecule has 0 saturated heterocycles. The molecule has 6 atom stereocenters. The number of thiophene rings is 2. The van der Waals surface area contributed by atoms with Crippen LogP contribution in [0.5, 0.6) is 11.8 Å². The summed E-state index contributed by atoms with van der Waals surface area (Å²) in [5.74, 6) is -1.05. The van der Waals surface area contributed by atoms with Gasteiger partial charge in [-0.2, -0.15) is 0 Å². The number of ketones is 2. The molecule has 76 heavy (non-hydrogen) atoms. The fourth-order valence-corrected chi connectivity index (χ4v) is 13.8. The summed E-state index contributed by atoms with van der Waals surface area (Å²) in [5, 5.41) is 13.8. The van der Waals surface area contributed by atoms with Gasteiger partial charge < -0.3 is 20.1 Å². The highest BCUT2D eigenvalue weighted by Crippen LogP contribution is 2.43. The third-order valence-electron chi connectivity index (χ3n) is 14.9. The van der Waals surface area contributed by atoms with Gasteiger partial charge in [0.25, 0.3) is 11.8 Å². The van der Waals surface area contributed by atoms with Crippen molar-refractivity contribution in [3.05, 3.63) is 65.3 Å². The second-order valence-electron chi connectivity index (χ2n) is 21.3. The Morgan fingerprint density at radius 1 is 0.658 bits per heavy atom. The van der Waals surface area contributed by atoms with Gasteiger partial charge in [-0.15, -0.1) is 54.8 Å². The zero-order chi connectivity index (χ0) is 54.4. The van der Waals surface area contributed by atoms with E-state index in [1.165, 1.54) is 44.2 Å². The van der Waals surface area contributed by atoms with E-state index in [9.17, 15) is 49.9 Å². The second-order valence-corrected chi connectivity index (χ2v) is 25.2. The lowest BCUT2D eigenvalue weighted by Gasteiger charge is -2.23. The highest BCUT2D eigenvalue weighted by atomic mass is 35.5. The Hall–Kier alpha value is -4.32. The predicted octanol–water partition coefficient (Wildman–Crippen LogP) is 10.5. The molecule has 4 heterocycles. The number of hydrogen-bond acceptors (Lipinski definition) is 12. The average molecular weight is 1160 g/mol. The molecule has 4 fully saturated rings. The number of rotatable bonds is 23. The molecule has 10 rings (SSSR count). The van der Waals surface area contributed by atoms with Crippen molar-refractivity contribution in [2.24, 2.45) is 49.6 Å². The summed E-state index contributed by atoms with van der Waals surface area (Å²) in [6.45, 7) is 1.25. The van der Waals surface area contributed by atoms with Crippen LogP contribution in [-0.2, 0) is 75.1 Å². The summed E-state index contributed by atoms with van der Waals surface area (Å²) in [6.07, 6.45) is 4.69. The first-order valence-corrected chi connectivity index (χ1v) is 28.5. The second kappa shape index (κ2) is 23.2. The van der Waals surface area contributed by atoms with Crippen LogP contribution >= 0.6 is 58.7 Å². The Bertz CT molecular complexity index is 2700. The Kier molecular flexibility index (Phi) is 17.2. The maximum atomic E-state index is 13.5. The molecule has 0 radical (unpaired) electrons. The molecule has 412 valence electrons. The normalized spacial score (nSPS) is 22.6. The molecular weight excluding hydrogens is 1100 g/mol. The van der Waals surface area contributed by atoms with Crippen molar-refractivity contribution >= 4 is 91.8 Å². The molecule has 4 aromatic rings. The van der Waals surface area contributed by atoms with Crippen LogP contribution in [0.3, 0.4) is 0 Å². The van der Waals surface area contributed by atoms with Gasteiger partial charge in [0.2, 0.25) is 11.8 Å². The van der Waals surface area contributed by atoms with Gasteiger partial charge in [-0.3, -0.25) is 28.5 Å². The van der Waals surface area contributed by atoms with Crippen molar-refractivity contribution in [3.63, 3.8) is 0 Å². The van der Waals surface area contributed by atoms with Crippen LogP contribution in [0.1, 0.15) is 127 Å². The number of amides is 2. The number of thiocarbonyl (C=S) groups is 2. The fourth-order valence-electron chi connectivity index (χ4n) is 10.2. The largest absolute Gasteiger partial charge is 0.574 e. The van der Waals surface area contributed by atoms with Crippen LogP contribution in [0.25, 0.3) is 0 Å². The zero-order valence-corrected chi connectivity index (χ0v) is 45.8. The third kappa shape index (κ3) is 15.1. The number of alkyl halides is 8. The number of halogens is 8. The maximum absolute atomic E-state index is 13.5. The first kappa shape index (κ1) is 56.4. The van der Waals surface area contributed by atoms with Gasteiger partial charge in [-0.1, -0.05) is 24.4 Å². The van der Waals surface area contributed by atoms with Gasteiger partial charge in [-0.25, -0.2) is 8.78 Å². The molecule has 4 aromatic heterocycles. The number of carbonyl (C=O) groups is 4. The molecule has 0 unspecified atom stereocenters. The van der Waals surface area contributed by atoms with Crippen LogP contribution in [0.4, 0.5) is 30.7 Å². The topological polar surface area (TPSA) is 146 Å². The summed E-state index contributed by atoms with van der Waals surface area (Å²) < 4.78 is 101. The minimum Gasteiger partial charge on any atom is -0.400 e. The number of carbonyl (C=O) groups excluding carboxylic acids is 4. The van der Waals surface area contributed by atoms with E-state index in [1.54, 1.807) is 14.1 Å². The molecule has 0 bridgehead atoms. The van der Waals surface area contributed by atoms with E-state index in [0.29, 0.717) is 84.4 Å². The molecule has 2 N–H and O–H groups in total. The van der Waals surface area contributed by atoms with Crippen molar-refractivity contribution in [2.75, 3.05) is 13.1 Å². The molecule has 24 heteroatoms. The van der Waals surface area contributed by atoms with Crippen LogP contribution in [0.2, 0.25) is 0 Å². The molecule has 6 aliphatic rings. The number of Topliss-reactive ketones (excluding diaryl/α,β-unsaturated/α-hetero) is 2. The molecule has 0 aromatic carbocycles. The van der Waals surface area contributed by atoms with Crippen LogP contribution in [0, 0.1) is 35.5 Å². The van der Waals surface area contributed by atoms with E-state index < -0.39 is 42.0 Å². The summed E-state index contributed by atoms with van der Waals surface area (Å²) in [4.78, 5) is 56.8. The Balaban J connectivity index is 0.000000186. The Morgan fingerprint density at radius 2 is 1.05 bits per heavy atom. The zero-order valence-electron chi connectivity index (χ0n) is 41.8. The van der Waals surface area contributed by atoms with Gasteiger partial charge in [0, 0.05) is 107 Å². The number of fused-ring (bicyclic) bond motifs is 2. The molecule has 4 saturated carbocycles. The lowest BCUT2D eigenvalue weighted by molar-refractivity contribution is -0.276. The number of aryl methyl sites for hydroxylation is 4. The monoisotopic (exact) mass is 1160 g/mol. The molecule has 2 amide bonds. The van der Waals surface area contributed by atoms with Crippen LogP contribution in [-0.4, -0.2) is 90.0 Å². The fraction of sp³-hybridized carbons (Fsp3) is 0.615. The smallest absolute Gasteiger partial charge is 0.400 e. The van der Waals surface area contributed by atoms with Gasteiger partial charge in [0.1, 0.15) is 23.9 Å². The molecule has 6 aliphatic carbocycles. The van der Waals surface area contributed by atoms with Crippen molar-refractivity contribution in [2.45, 2.75) is 140 Å². The highest BCUT2D eigenvalue weighted by molar-refractivity contribution is 7.80. The van der Waals surface area contributed by atoms with Crippen molar-refractivity contribution < 1.29 is 59.4 Å². The minimum absolute atomic E-state index is 0.0842. The third-order valence-corrected chi connectivity index (χ3v) is 18.2. The lowest BCUT2D eigenvalue weighted by Crippen LogP contribution is -2.28. The van der Waals surface area contributed by atoms with Crippen molar-refractivity contribution in [1.82, 2.24) is 30.2 Å². The lowest BCUT2D eigenvalue weighted by atomic mass is 9.82. The molecule has 0 aliphatic heterocycles. The minimum atomic E-state index is -4.81. The van der Waals surface area contributed by atoms with Crippen molar-refractivity contribution in [1.29, 1.82) is 0 Å². The SMILES string of the molecule is Cn1nc(OC(F)(F)Cl)cc1CC(=S)C[C@H]1CCc2sc(CC(=O)[C@H]3C[C@H]3F)c(C(=O)NCC3CC3)c2C1.Cn1nc(OC(F)(F)F)cc1CC(=S)C[C@H]1CCc2sc(CC(=O)[C@H]3C[C@H]3F)c(C(=O)NCC3CC3)c2C1.